The number of carbonyl (C=O) groups is 1. The van der Waals surface area contributed by atoms with Crippen LogP contribution in [0, 0.1) is 12.7 Å². The van der Waals surface area contributed by atoms with Crippen LogP contribution < -0.4 is 0 Å². The first-order chi connectivity index (χ1) is 9.19. The molecule has 3 nitrogen and oxygen atoms in total. The van der Waals surface area contributed by atoms with Gasteiger partial charge in [-0.3, -0.25) is 9.20 Å². The molecule has 0 aliphatic carbocycles. The van der Waals surface area contributed by atoms with Gasteiger partial charge in [0.2, 0.25) is 0 Å². The van der Waals surface area contributed by atoms with Gasteiger partial charge in [-0.05, 0) is 30.7 Å². The van der Waals surface area contributed by atoms with E-state index in [1.807, 2.05) is 29.7 Å². The van der Waals surface area contributed by atoms with E-state index in [-0.39, 0.29) is 5.82 Å². The summed E-state index contributed by atoms with van der Waals surface area (Å²) in [7, 11) is 0. The summed E-state index contributed by atoms with van der Waals surface area (Å²) in [6, 6.07) is 9.95. The number of hydrogen-bond donors (Lipinski definition) is 0. The second kappa shape index (κ2) is 4.31. The van der Waals surface area contributed by atoms with Gasteiger partial charge in [-0.2, -0.15) is 0 Å². The number of aromatic nitrogens is 2. The molecule has 0 radical (unpaired) electrons. The molecular weight excluding hydrogens is 243 g/mol. The highest BCUT2D eigenvalue weighted by molar-refractivity contribution is 5.86. The maximum atomic E-state index is 13.3. The maximum Gasteiger partial charge on any atom is 0.170 e. The van der Waals surface area contributed by atoms with E-state index in [1.54, 1.807) is 12.1 Å². The highest BCUT2D eigenvalue weighted by Gasteiger charge is 2.12. The van der Waals surface area contributed by atoms with Gasteiger partial charge in [-0.15, -0.1) is 0 Å². The van der Waals surface area contributed by atoms with Crippen LogP contribution in [0.5, 0.6) is 0 Å². The summed E-state index contributed by atoms with van der Waals surface area (Å²) in [6.07, 6.45) is 2.60. The number of halogens is 1. The van der Waals surface area contributed by atoms with Gasteiger partial charge >= 0.3 is 0 Å². The maximum absolute atomic E-state index is 13.3. The number of fused-ring (bicyclic) bond motifs is 1. The summed E-state index contributed by atoms with van der Waals surface area (Å²) in [5.41, 5.74) is 2.77. The third-order valence-electron chi connectivity index (χ3n) is 3.01. The molecule has 0 atom stereocenters. The Morgan fingerprint density at radius 2 is 2.11 bits per heavy atom. The normalized spacial score (nSPS) is 10.8. The lowest BCUT2D eigenvalue weighted by molar-refractivity contribution is 0.112. The van der Waals surface area contributed by atoms with Crippen LogP contribution in [0.4, 0.5) is 4.39 Å². The highest BCUT2D eigenvalue weighted by Crippen LogP contribution is 2.23. The van der Waals surface area contributed by atoms with E-state index in [1.165, 1.54) is 12.1 Å². The van der Waals surface area contributed by atoms with Crippen LogP contribution in [-0.4, -0.2) is 15.7 Å². The zero-order valence-corrected chi connectivity index (χ0v) is 10.3. The number of rotatable bonds is 2. The lowest BCUT2D eigenvalue weighted by Crippen LogP contribution is -1.90. The molecule has 0 saturated heterocycles. The van der Waals surface area contributed by atoms with Crippen molar-refractivity contribution in [2.75, 3.05) is 0 Å². The molecule has 0 aliphatic rings. The molecule has 1 aromatic carbocycles. The quantitative estimate of drug-likeness (QED) is 0.658. The molecule has 0 bridgehead atoms. The summed E-state index contributed by atoms with van der Waals surface area (Å²) in [5.74, 6) is 0.245. The van der Waals surface area contributed by atoms with E-state index in [9.17, 15) is 9.18 Å². The lowest BCUT2D eigenvalue weighted by Gasteiger charge is -2.02. The summed E-state index contributed by atoms with van der Waals surface area (Å²) < 4.78 is 15.1. The Kier molecular flexibility index (Phi) is 2.63. The van der Waals surface area contributed by atoms with Crippen molar-refractivity contribution in [1.29, 1.82) is 0 Å². The molecule has 0 aliphatic heterocycles. The number of aryl methyl sites for hydroxylation is 1. The number of imidazole rings is 1. The molecule has 3 aromatic rings. The van der Waals surface area contributed by atoms with Crippen molar-refractivity contribution in [2.45, 2.75) is 6.92 Å². The smallest absolute Gasteiger partial charge is 0.170 e. The minimum Gasteiger partial charge on any atom is -0.299 e. The van der Waals surface area contributed by atoms with Crippen molar-refractivity contribution < 1.29 is 9.18 Å². The molecule has 4 heteroatoms. The Morgan fingerprint density at radius 1 is 1.26 bits per heavy atom. The van der Waals surface area contributed by atoms with Gasteiger partial charge in [0.1, 0.15) is 17.3 Å². The fourth-order valence-electron chi connectivity index (χ4n) is 2.13. The van der Waals surface area contributed by atoms with Crippen molar-refractivity contribution in [3.05, 3.63) is 59.7 Å². The molecule has 19 heavy (non-hydrogen) atoms. The third kappa shape index (κ3) is 1.91. The first kappa shape index (κ1) is 11.6. The Morgan fingerprint density at radius 3 is 2.84 bits per heavy atom. The number of carbonyl (C=O) groups excluding carboxylic acids is 1. The van der Waals surface area contributed by atoms with Crippen molar-refractivity contribution in [3.63, 3.8) is 0 Å². The second-order valence-corrected chi connectivity index (χ2v) is 4.41. The second-order valence-electron chi connectivity index (χ2n) is 4.41. The van der Waals surface area contributed by atoms with E-state index in [4.69, 9.17) is 0 Å². The van der Waals surface area contributed by atoms with Crippen molar-refractivity contribution in [1.82, 2.24) is 9.38 Å². The average molecular weight is 254 g/mol. The molecule has 3 rings (SSSR count). The summed E-state index contributed by atoms with van der Waals surface area (Å²) in [5, 5.41) is 0. The minimum atomic E-state index is -0.324. The molecule has 2 aromatic heterocycles. The fraction of sp³-hybridized carbons (Fsp3) is 0.0667. The molecule has 0 N–H and O–H groups in total. The van der Waals surface area contributed by atoms with Crippen LogP contribution in [0.3, 0.4) is 0 Å². The van der Waals surface area contributed by atoms with Crippen LogP contribution in [0.1, 0.15) is 16.1 Å². The number of nitrogens with zero attached hydrogens (tertiary/aromatic N) is 2. The topological polar surface area (TPSA) is 34.4 Å². The van der Waals surface area contributed by atoms with Crippen molar-refractivity contribution >= 4 is 11.8 Å². The summed E-state index contributed by atoms with van der Waals surface area (Å²) in [6.45, 7) is 1.95. The van der Waals surface area contributed by atoms with Gasteiger partial charge in [0.05, 0.1) is 5.52 Å². The van der Waals surface area contributed by atoms with Gasteiger partial charge in [0.15, 0.2) is 6.29 Å². The molecule has 2 heterocycles. The lowest BCUT2D eigenvalue weighted by atomic mass is 10.2. The number of aldehydes is 1. The van der Waals surface area contributed by atoms with Crippen LogP contribution in [0.2, 0.25) is 0 Å². The largest absolute Gasteiger partial charge is 0.299 e. The molecule has 0 fully saturated rings. The first-order valence-corrected chi connectivity index (χ1v) is 5.89. The Hall–Kier alpha value is -2.49. The molecule has 0 unspecified atom stereocenters. The van der Waals surface area contributed by atoms with Gasteiger partial charge in [-0.25, -0.2) is 9.37 Å². The SMILES string of the molecule is Cc1ccc2c(C=O)nc(-c3cccc(F)c3)n2c1. The zero-order chi connectivity index (χ0) is 13.4. The van der Waals surface area contributed by atoms with E-state index in [0.29, 0.717) is 23.4 Å². The van der Waals surface area contributed by atoms with Crippen LogP contribution in [0.15, 0.2) is 42.6 Å². The highest BCUT2D eigenvalue weighted by atomic mass is 19.1. The van der Waals surface area contributed by atoms with Gasteiger partial charge < -0.3 is 0 Å². The number of pyridine rings is 1. The Labute approximate surface area is 109 Å². The van der Waals surface area contributed by atoms with Gasteiger partial charge in [0, 0.05) is 11.8 Å². The van der Waals surface area contributed by atoms with Gasteiger partial charge in [-0.1, -0.05) is 18.2 Å². The molecule has 0 spiro atoms. The third-order valence-corrected chi connectivity index (χ3v) is 3.01. The number of benzene rings is 1. The summed E-state index contributed by atoms with van der Waals surface area (Å²) in [4.78, 5) is 15.4. The first-order valence-electron chi connectivity index (χ1n) is 5.89. The monoisotopic (exact) mass is 254 g/mol. The average Bonchev–Trinajstić information content (AvgIpc) is 2.76. The van der Waals surface area contributed by atoms with Crippen LogP contribution >= 0.6 is 0 Å². The Balaban J connectivity index is 2.34. The minimum absolute atomic E-state index is 0.324. The van der Waals surface area contributed by atoms with E-state index in [0.717, 1.165) is 11.1 Å². The number of hydrogen-bond acceptors (Lipinski definition) is 2. The van der Waals surface area contributed by atoms with E-state index >= 15 is 0 Å². The molecule has 0 amide bonds. The summed E-state index contributed by atoms with van der Waals surface area (Å²) >= 11 is 0. The fourth-order valence-corrected chi connectivity index (χ4v) is 2.13. The molecule has 0 saturated carbocycles. The predicted molar refractivity (Wildman–Crippen MR) is 70.7 cm³/mol. The Bertz CT molecular complexity index is 777. The molecule has 94 valence electrons. The predicted octanol–water partition coefficient (Wildman–Crippen LogP) is 3.26. The van der Waals surface area contributed by atoms with Crippen molar-refractivity contribution in [3.8, 4) is 11.4 Å². The van der Waals surface area contributed by atoms with Crippen molar-refractivity contribution in [2.24, 2.45) is 0 Å². The molecular formula is C15H11FN2O. The van der Waals surface area contributed by atoms with E-state index < -0.39 is 0 Å². The van der Waals surface area contributed by atoms with Crippen LogP contribution in [0.25, 0.3) is 16.9 Å². The van der Waals surface area contributed by atoms with Crippen LogP contribution in [-0.2, 0) is 0 Å². The zero-order valence-electron chi connectivity index (χ0n) is 10.3. The standard InChI is InChI=1S/C15H11FN2O/c1-10-5-6-14-13(9-19)17-15(18(14)8-10)11-3-2-4-12(16)7-11/h2-9H,1H3. The van der Waals surface area contributed by atoms with Gasteiger partial charge in [0.25, 0.3) is 0 Å². The van der Waals surface area contributed by atoms with E-state index in [2.05, 4.69) is 4.98 Å².